The van der Waals surface area contributed by atoms with Crippen molar-refractivity contribution in [1.82, 2.24) is 9.80 Å². The Kier molecular flexibility index (Phi) is 3.82. The van der Waals surface area contributed by atoms with E-state index in [2.05, 4.69) is 4.74 Å². The summed E-state index contributed by atoms with van der Waals surface area (Å²) >= 11 is 5.30. The maximum Gasteiger partial charge on any atom is 0.387 e. The van der Waals surface area contributed by atoms with Gasteiger partial charge in [-0.1, -0.05) is 12.1 Å². The third kappa shape index (κ3) is 2.81. The number of carbonyl (C=O) groups excluding carboxylic acids is 1. The van der Waals surface area contributed by atoms with Crippen LogP contribution in [0.3, 0.4) is 0 Å². The Bertz CT molecular complexity index is 641. The average molecular weight is 324 g/mol. The van der Waals surface area contributed by atoms with Crippen LogP contribution >= 0.6 is 12.2 Å². The van der Waals surface area contributed by atoms with E-state index in [4.69, 9.17) is 12.2 Å². The number of alkyl halides is 2. The van der Waals surface area contributed by atoms with E-state index < -0.39 is 6.61 Å². The SMILES string of the molecule is CN1C(=S)N(C2CC2)C(=O)C1=Cc1ccc(OC(F)F)cc1. The van der Waals surface area contributed by atoms with Crippen LogP contribution in [0.2, 0.25) is 0 Å². The molecule has 1 amide bonds. The Morgan fingerprint density at radius 1 is 1.32 bits per heavy atom. The summed E-state index contributed by atoms with van der Waals surface area (Å²) in [5.74, 6) is -0.0266. The molecule has 1 heterocycles. The first-order valence-electron chi connectivity index (χ1n) is 6.85. The van der Waals surface area contributed by atoms with Crippen LogP contribution < -0.4 is 4.74 Å². The predicted octanol–water partition coefficient (Wildman–Crippen LogP) is 2.85. The number of hydrogen-bond acceptors (Lipinski definition) is 3. The van der Waals surface area contributed by atoms with Crippen LogP contribution in [0, 0.1) is 0 Å². The summed E-state index contributed by atoms with van der Waals surface area (Å²) in [7, 11) is 1.75. The second-order valence-electron chi connectivity index (χ2n) is 5.23. The van der Waals surface area contributed by atoms with Crippen molar-refractivity contribution >= 4 is 29.3 Å². The zero-order valence-corrected chi connectivity index (χ0v) is 12.6. The molecule has 0 radical (unpaired) electrons. The molecule has 1 saturated heterocycles. The van der Waals surface area contributed by atoms with E-state index >= 15 is 0 Å². The van der Waals surface area contributed by atoms with Crippen molar-refractivity contribution in [2.45, 2.75) is 25.5 Å². The lowest BCUT2D eigenvalue weighted by Gasteiger charge is -2.15. The van der Waals surface area contributed by atoms with Gasteiger partial charge in [0.05, 0.1) is 0 Å². The van der Waals surface area contributed by atoms with Gasteiger partial charge >= 0.3 is 6.61 Å². The first-order valence-corrected chi connectivity index (χ1v) is 7.26. The lowest BCUT2D eigenvalue weighted by molar-refractivity contribution is -0.122. The summed E-state index contributed by atoms with van der Waals surface area (Å²) in [5, 5.41) is 0.511. The summed E-state index contributed by atoms with van der Waals surface area (Å²) in [6.45, 7) is -2.85. The van der Waals surface area contributed by atoms with E-state index in [0.717, 1.165) is 18.4 Å². The van der Waals surface area contributed by atoms with Crippen molar-refractivity contribution in [3.05, 3.63) is 35.5 Å². The maximum atomic E-state index is 12.4. The van der Waals surface area contributed by atoms with Crippen LogP contribution in [-0.4, -0.2) is 40.5 Å². The number of halogens is 2. The van der Waals surface area contributed by atoms with Gasteiger partial charge in [0.1, 0.15) is 11.4 Å². The second-order valence-corrected chi connectivity index (χ2v) is 5.59. The lowest BCUT2D eigenvalue weighted by atomic mass is 10.2. The number of carbonyl (C=O) groups is 1. The Labute approximate surface area is 131 Å². The molecule has 0 aromatic heterocycles. The van der Waals surface area contributed by atoms with Crippen LogP contribution in [0.1, 0.15) is 18.4 Å². The average Bonchev–Trinajstić information content (AvgIpc) is 3.26. The van der Waals surface area contributed by atoms with Gasteiger partial charge in [0.15, 0.2) is 5.11 Å². The number of likely N-dealkylation sites (N-methyl/N-ethyl adjacent to an activating group) is 1. The van der Waals surface area contributed by atoms with Gasteiger partial charge in [-0.15, -0.1) is 0 Å². The molecule has 1 saturated carbocycles. The quantitative estimate of drug-likeness (QED) is 0.630. The van der Waals surface area contributed by atoms with Crippen molar-refractivity contribution in [3.8, 4) is 5.75 Å². The Morgan fingerprint density at radius 2 is 1.95 bits per heavy atom. The number of amides is 1. The van der Waals surface area contributed by atoms with Crippen molar-refractivity contribution in [2.24, 2.45) is 0 Å². The van der Waals surface area contributed by atoms with Gasteiger partial charge in [0.2, 0.25) is 0 Å². The number of thiocarbonyl (C=S) groups is 1. The molecule has 7 heteroatoms. The predicted molar refractivity (Wildman–Crippen MR) is 81.3 cm³/mol. The molecular weight excluding hydrogens is 310 g/mol. The molecule has 2 aliphatic rings. The fourth-order valence-corrected chi connectivity index (χ4v) is 2.67. The van der Waals surface area contributed by atoms with Crippen LogP contribution in [0.5, 0.6) is 5.75 Å². The largest absolute Gasteiger partial charge is 0.435 e. The van der Waals surface area contributed by atoms with Gasteiger partial charge in [-0.05, 0) is 48.8 Å². The molecule has 4 nitrogen and oxygen atoms in total. The third-order valence-electron chi connectivity index (χ3n) is 3.61. The zero-order chi connectivity index (χ0) is 15.9. The zero-order valence-electron chi connectivity index (χ0n) is 11.8. The highest BCUT2D eigenvalue weighted by Crippen LogP contribution is 2.34. The topological polar surface area (TPSA) is 32.8 Å². The van der Waals surface area contributed by atoms with Gasteiger partial charge in [0.25, 0.3) is 5.91 Å². The monoisotopic (exact) mass is 324 g/mol. The van der Waals surface area contributed by atoms with Crippen LogP contribution in [0.25, 0.3) is 6.08 Å². The van der Waals surface area contributed by atoms with E-state index in [1.54, 1.807) is 35.1 Å². The molecule has 1 aliphatic heterocycles. The normalized spacial score (nSPS) is 20.5. The van der Waals surface area contributed by atoms with E-state index in [1.807, 2.05) is 0 Å². The molecule has 1 aromatic rings. The summed E-state index contributed by atoms with van der Waals surface area (Å²) < 4.78 is 28.5. The second kappa shape index (κ2) is 5.64. The molecule has 3 rings (SSSR count). The Hall–Kier alpha value is -2.02. The number of benzene rings is 1. The van der Waals surface area contributed by atoms with Gasteiger partial charge in [0, 0.05) is 13.1 Å². The van der Waals surface area contributed by atoms with E-state index in [1.165, 1.54) is 12.1 Å². The van der Waals surface area contributed by atoms with Crippen molar-refractivity contribution < 1.29 is 18.3 Å². The molecule has 0 atom stereocenters. The molecule has 2 fully saturated rings. The highest BCUT2D eigenvalue weighted by atomic mass is 32.1. The fraction of sp³-hybridized carbons (Fsp3) is 0.333. The van der Waals surface area contributed by atoms with Gasteiger partial charge in [-0.2, -0.15) is 8.78 Å². The standard InChI is InChI=1S/C15H14F2N2O2S/c1-18-12(13(20)19(15(18)22)10-4-5-10)8-9-2-6-11(7-3-9)21-14(16)17/h2-3,6-8,10,14H,4-5H2,1H3. The third-order valence-corrected chi connectivity index (χ3v) is 4.08. The van der Waals surface area contributed by atoms with Crippen molar-refractivity contribution in [1.29, 1.82) is 0 Å². The molecule has 22 heavy (non-hydrogen) atoms. The Balaban J connectivity index is 1.82. The van der Waals surface area contributed by atoms with Crippen LogP contribution in [0.4, 0.5) is 8.78 Å². The summed E-state index contributed by atoms with van der Waals surface area (Å²) in [6, 6.07) is 6.34. The molecular formula is C15H14F2N2O2S. The van der Waals surface area contributed by atoms with Gasteiger partial charge in [-0.3, -0.25) is 9.69 Å². The smallest absolute Gasteiger partial charge is 0.387 e. The van der Waals surface area contributed by atoms with E-state index in [-0.39, 0.29) is 17.7 Å². The van der Waals surface area contributed by atoms with Crippen molar-refractivity contribution in [3.63, 3.8) is 0 Å². The highest BCUT2D eigenvalue weighted by Gasteiger charge is 2.44. The van der Waals surface area contributed by atoms with Crippen LogP contribution in [0.15, 0.2) is 30.0 Å². The molecule has 0 bridgehead atoms. The molecule has 116 valence electrons. The molecule has 0 unspecified atom stereocenters. The minimum absolute atomic E-state index is 0.0818. The number of hydrogen-bond donors (Lipinski definition) is 0. The van der Waals surface area contributed by atoms with E-state index in [9.17, 15) is 13.6 Å². The first-order chi connectivity index (χ1) is 10.5. The highest BCUT2D eigenvalue weighted by molar-refractivity contribution is 7.80. The van der Waals surface area contributed by atoms with E-state index in [0.29, 0.717) is 10.8 Å². The lowest BCUT2D eigenvalue weighted by Crippen LogP contribution is -2.33. The number of rotatable bonds is 4. The minimum atomic E-state index is -2.85. The number of nitrogens with zero attached hydrogens (tertiary/aromatic N) is 2. The fourth-order valence-electron chi connectivity index (χ4n) is 2.34. The molecule has 0 N–H and O–H groups in total. The molecule has 1 aliphatic carbocycles. The van der Waals surface area contributed by atoms with Gasteiger partial charge in [-0.25, -0.2) is 0 Å². The minimum Gasteiger partial charge on any atom is -0.435 e. The Morgan fingerprint density at radius 3 is 2.50 bits per heavy atom. The van der Waals surface area contributed by atoms with Crippen LogP contribution in [-0.2, 0) is 4.79 Å². The van der Waals surface area contributed by atoms with Gasteiger partial charge < -0.3 is 9.64 Å². The summed E-state index contributed by atoms with van der Waals surface area (Å²) in [4.78, 5) is 15.8. The summed E-state index contributed by atoms with van der Waals surface area (Å²) in [5.41, 5.74) is 1.21. The summed E-state index contributed by atoms with van der Waals surface area (Å²) in [6.07, 6.45) is 3.66. The number of ether oxygens (including phenoxy) is 1. The van der Waals surface area contributed by atoms with Crippen molar-refractivity contribution in [2.75, 3.05) is 7.05 Å². The maximum absolute atomic E-state index is 12.4. The molecule has 1 aromatic carbocycles. The molecule has 0 spiro atoms. The first kappa shape index (κ1) is 14.9.